The summed E-state index contributed by atoms with van der Waals surface area (Å²) >= 11 is 7.12. The number of nitrogens with one attached hydrogen (secondary N) is 1. The molecule has 21 heavy (non-hydrogen) atoms. The van der Waals surface area contributed by atoms with Crippen LogP contribution in [0.15, 0.2) is 21.2 Å². The van der Waals surface area contributed by atoms with E-state index < -0.39 is 0 Å². The summed E-state index contributed by atoms with van der Waals surface area (Å²) in [4.78, 5) is 4.60. The number of hydrogen-bond donors (Lipinski definition) is 1. The molecule has 0 bridgehead atoms. The fraction of sp³-hybridized carbons (Fsp3) is 0.706. The third-order valence-corrected chi connectivity index (χ3v) is 4.72. The van der Waals surface area contributed by atoms with Crippen LogP contribution in [-0.4, -0.2) is 11.5 Å². The van der Waals surface area contributed by atoms with E-state index in [-0.39, 0.29) is 0 Å². The highest BCUT2D eigenvalue weighted by Gasteiger charge is 2.15. The first-order valence-electron chi connectivity index (χ1n) is 8.23. The van der Waals surface area contributed by atoms with Gasteiger partial charge in [-0.2, -0.15) is 0 Å². The molecule has 0 aliphatic rings. The van der Waals surface area contributed by atoms with Crippen molar-refractivity contribution in [1.82, 2.24) is 10.3 Å². The lowest BCUT2D eigenvalue weighted by molar-refractivity contribution is 0.457. The van der Waals surface area contributed by atoms with Crippen LogP contribution in [0.5, 0.6) is 0 Å². The lowest BCUT2D eigenvalue weighted by atomic mass is 10.0. The highest BCUT2D eigenvalue weighted by molar-refractivity contribution is 9.11. The van der Waals surface area contributed by atoms with Crippen LogP contribution in [-0.2, 0) is 0 Å². The van der Waals surface area contributed by atoms with E-state index in [9.17, 15) is 0 Å². The molecule has 4 heteroatoms. The van der Waals surface area contributed by atoms with Gasteiger partial charge in [-0.1, -0.05) is 52.4 Å². The third kappa shape index (κ3) is 7.75. The van der Waals surface area contributed by atoms with Crippen LogP contribution in [0.2, 0.25) is 0 Å². The summed E-state index contributed by atoms with van der Waals surface area (Å²) < 4.78 is 2.11. The van der Waals surface area contributed by atoms with Crippen molar-refractivity contribution in [2.24, 2.45) is 0 Å². The van der Waals surface area contributed by atoms with E-state index in [1.165, 1.54) is 44.9 Å². The highest BCUT2D eigenvalue weighted by Crippen LogP contribution is 2.28. The SMILES string of the molecule is CCCCCCCCC(NCCC)c1ncc(Br)cc1Br. The zero-order valence-electron chi connectivity index (χ0n) is 13.3. The van der Waals surface area contributed by atoms with Crippen molar-refractivity contribution in [2.75, 3.05) is 6.54 Å². The van der Waals surface area contributed by atoms with Crippen LogP contribution in [0.4, 0.5) is 0 Å². The van der Waals surface area contributed by atoms with Crippen molar-refractivity contribution in [2.45, 2.75) is 71.3 Å². The van der Waals surface area contributed by atoms with E-state index in [2.05, 4.69) is 62.1 Å². The quantitative estimate of drug-likeness (QED) is 0.419. The predicted molar refractivity (Wildman–Crippen MR) is 98.7 cm³/mol. The molecule has 0 aromatic carbocycles. The first-order valence-corrected chi connectivity index (χ1v) is 9.82. The number of halogens is 2. The molecule has 1 atom stereocenters. The van der Waals surface area contributed by atoms with Crippen molar-refractivity contribution in [3.63, 3.8) is 0 Å². The van der Waals surface area contributed by atoms with E-state index in [1.807, 2.05) is 6.20 Å². The Labute approximate surface area is 146 Å². The summed E-state index contributed by atoms with van der Waals surface area (Å²) in [5.74, 6) is 0. The second-order valence-electron chi connectivity index (χ2n) is 5.58. The molecule has 0 aliphatic heterocycles. The van der Waals surface area contributed by atoms with Gasteiger partial charge in [0, 0.05) is 15.1 Å². The van der Waals surface area contributed by atoms with E-state index in [1.54, 1.807) is 0 Å². The standard InChI is InChI=1S/C17H28Br2N2/c1-3-5-6-7-8-9-10-16(20-11-4-2)17-15(19)12-14(18)13-21-17/h12-13,16,20H,3-11H2,1-2H3. The van der Waals surface area contributed by atoms with Crippen molar-refractivity contribution in [3.05, 3.63) is 26.9 Å². The number of nitrogens with zero attached hydrogens (tertiary/aromatic N) is 1. The summed E-state index contributed by atoms with van der Waals surface area (Å²) in [5, 5.41) is 3.64. The zero-order chi connectivity index (χ0) is 15.5. The summed E-state index contributed by atoms with van der Waals surface area (Å²) in [7, 11) is 0. The van der Waals surface area contributed by atoms with Gasteiger partial charge in [-0.3, -0.25) is 4.98 Å². The van der Waals surface area contributed by atoms with Crippen molar-refractivity contribution in [3.8, 4) is 0 Å². The Hall–Kier alpha value is 0.0700. The van der Waals surface area contributed by atoms with Gasteiger partial charge in [-0.05, 0) is 57.3 Å². The zero-order valence-corrected chi connectivity index (χ0v) is 16.5. The van der Waals surface area contributed by atoms with Gasteiger partial charge in [-0.15, -0.1) is 0 Å². The average molecular weight is 420 g/mol. The maximum atomic E-state index is 4.60. The Balaban J connectivity index is 2.50. The first kappa shape index (κ1) is 19.1. The van der Waals surface area contributed by atoms with Crippen LogP contribution >= 0.6 is 31.9 Å². The van der Waals surface area contributed by atoms with E-state index in [0.717, 1.165) is 27.6 Å². The molecule has 1 rings (SSSR count). The highest BCUT2D eigenvalue weighted by atomic mass is 79.9. The third-order valence-electron chi connectivity index (χ3n) is 3.65. The van der Waals surface area contributed by atoms with Crippen LogP contribution in [0, 0.1) is 0 Å². The molecule has 1 aromatic heterocycles. The summed E-state index contributed by atoms with van der Waals surface area (Å²) in [5.41, 5.74) is 1.14. The molecule has 0 saturated heterocycles. The normalized spacial score (nSPS) is 12.6. The van der Waals surface area contributed by atoms with Gasteiger partial charge in [0.05, 0.1) is 11.7 Å². The Bertz CT molecular complexity index is 396. The minimum absolute atomic E-state index is 0.360. The molecular weight excluding hydrogens is 392 g/mol. The molecule has 0 fully saturated rings. The fourth-order valence-electron chi connectivity index (χ4n) is 2.46. The minimum Gasteiger partial charge on any atom is -0.309 e. The number of rotatable bonds is 11. The van der Waals surface area contributed by atoms with Gasteiger partial charge in [0.25, 0.3) is 0 Å². The molecule has 0 aliphatic carbocycles. The molecule has 0 saturated carbocycles. The lowest BCUT2D eigenvalue weighted by Crippen LogP contribution is -2.23. The molecule has 1 aromatic rings. The van der Waals surface area contributed by atoms with Crippen LogP contribution in [0.3, 0.4) is 0 Å². The summed E-state index contributed by atoms with van der Waals surface area (Å²) in [6, 6.07) is 2.45. The topological polar surface area (TPSA) is 24.9 Å². The molecule has 0 radical (unpaired) electrons. The van der Waals surface area contributed by atoms with Gasteiger partial charge in [0.15, 0.2) is 0 Å². The van der Waals surface area contributed by atoms with Crippen LogP contribution in [0.25, 0.3) is 0 Å². The fourth-order valence-corrected chi connectivity index (χ4v) is 3.73. The molecule has 2 nitrogen and oxygen atoms in total. The molecule has 1 heterocycles. The lowest BCUT2D eigenvalue weighted by Gasteiger charge is -2.19. The van der Waals surface area contributed by atoms with Crippen molar-refractivity contribution < 1.29 is 0 Å². The van der Waals surface area contributed by atoms with Gasteiger partial charge < -0.3 is 5.32 Å². The number of aromatic nitrogens is 1. The first-order chi connectivity index (χ1) is 10.2. The largest absolute Gasteiger partial charge is 0.309 e. The number of pyridine rings is 1. The van der Waals surface area contributed by atoms with E-state index in [4.69, 9.17) is 0 Å². The van der Waals surface area contributed by atoms with Gasteiger partial charge >= 0.3 is 0 Å². The van der Waals surface area contributed by atoms with E-state index >= 15 is 0 Å². The Morgan fingerprint density at radius 1 is 1.05 bits per heavy atom. The van der Waals surface area contributed by atoms with Gasteiger partial charge in [0.2, 0.25) is 0 Å². The Morgan fingerprint density at radius 2 is 1.76 bits per heavy atom. The van der Waals surface area contributed by atoms with Gasteiger partial charge in [0.1, 0.15) is 0 Å². The maximum Gasteiger partial charge on any atom is 0.0715 e. The monoisotopic (exact) mass is 418 g/mol. The van der Waals surface area contributed by atoms with Crippen LogP contribution < -0.4 is 5.32 Å². The minimum atomic E-state index is 0.360. The number of hydrogen-bond acceptors (Lipinski definition) is 2. The number of unbranched alkanes of at least 4 members (excludes halogenated alkanes) is 5. The Kier molecular flexibility index (Phi) is 10.6. The molecule has 1 N–H and O–H groups in total. The van der Waals surface area contributed by atoms with Crippen LogP contribution in [0.1, 0.15) is 76.9 Å². The predicted octanol–water partition coefficient (Wildman–Crippen LogP) is 6.40. The molecular formula is C17H28Br2N2. The molecule has 0 amide bonds. The molecule has 0 spiro atoms. The van der Waals surface area contributed by atoms with E-state index in [0.29, 0.717) is 6.04 Å². The second kappa shape index (κ2) is 11.6. The second-order valence-corrected chi connectivity index (χ2v) is 7.35. The Morgan fingerprint density at radius 3 is 2.43 bits per heavy atom. The van der Waals surface area contributed by atoms with Crippen molar-refractivity contribution in [1.29, 1.82) is 0 Å². The molecule has 120 valence electrons. The summed E-state index contributed by atoms with van der Waals surface area (Å²) in [6.07, 6.45) is 12.2. The van der Waals surface area contributed by atoms with Crippen molar-refractivity contribution >= 4 is 31.9 Å². The summed E-state index contributed by atoms with van der Waals surface area (Å²) in [6.45, 7) is 5.52. The maximum absolute atomic E-state index is 4.60. The molecule has 1 unspecified atom stereocenters. The van der Waals surface area contributed by atoms with Gasteiger partial charge in [-0.25, -0.2) is 0 Å². The smallest absolute Gasteiger partial charge is 0.0715 e. The average Bonchev–Trinajstić information content (AvgIpc) is 2.46.